The molecule has 1 atom stereocenters. The van der Waals surface area contributed by atoms with Gasteiger partial charge in [-0.2, -0.15) is 0 Å². The first-order chi connectivity index (χ1) is 6.50. The molecule has 1 rings (SSSR count). The van der Waals surface area contributed by atoms with Crippen LogP contribution < -0.4 is 5.32 Å². The van der Waals surface area contributed by atoms with Crippen LogP contribution >= 0.6 is 0 Å². The smallest absolute Gasteiger partial charge is 0.161 e. The summed E-state index contributed by atoms with van der Waals surface area (Å²) >= 11 is 0. The third kappa shape index (κ3) is 2.63. The Morgan fingerprint density at radius 2 is 1.79 bits per heavy atom. The molecule has 0 amide bonds. The molecule has 0 heterocycles. The summed E-state index contributed by atoms with van der Waals surface area (Å²) in [5.41, 5.74) is -0.162. The Labute approximate surface area is 79.4 Å². The second-order valence-electron chi connectivity index (χ2n) is 2.98. The van der Waals surface area contributed by atoms with Crippen molar-refractivity contribution in [3.63, 3.8) is 0 Å². The highest BCUT2D eigenvalue weighted by Gasteiger charge is 2.09. The van der Waals surface area contributed by atoms with E-state index in [2.05, 4.69) is 5.32 Å². The van der Waals surface area contributed by atoms with Crippen molar-refractivity contribution in [2.45, 2.75) is 13.0 Å². The fourth-order valence-electron chi connectivity index (χ4n) is 0.916. The van der Waals surface area contributed by atoms with E-state index in [1.165, 1.54) is 6.92 Å². The van der Waals surface area contributed by atoms with Crippen molar-refractivity contribution in [2.24, 2.45) is 0 Å². The number of hydrogen-bond acceptors (Lipinski definition) is 2. The van der Waals surface area contributed by atoms with Crippen molar-refractivity contribution in [1.29, 1.82) is 0 Å². The molecule has 0 aromatic heterocycles. The van der Waals surface area contributed by atoms with Crippen LogP contribution in [-0.2, 0) is 0 Å². The first-order valence-electron chi connectivity index (χ1n) is 4.07. The summed E-state index contributed by atoms with van der Waals surface area (Å²) in [4.78, 5) is 0. The normalized spacial score (nSPS) is 12.6. The summed E-state index contributed by atoms with van der Waals surface area (Å²) in [6.45, 7) is 1.56. The van der Waals surface area contributed by atoms with Gasteiger partial charge in [0.05, 0.1) is 11.8 Å². The van der Waals surface area contributed by atoms with Gasteiger partial charge in [-0.05, 0) is 6.92 Å². The molecule has 0 bridgehead atoms. The summed E-state index contributed by atoms with van der Waals surface area (Å²) in [5, 5.41) is 11.3. The highest BCUT2D eigenvalue weighted by atomic mass is 19.2. The van der Waals surface area contributed by atoms with Crippen molar-refractivity contribution >= 4 is 5.69 Å². The Kier molecular flexibility index (Phi) is 3.35. The van der Waals surface area contributed by atoms with Crippen LogP contribution in [0.25, 0.3) is 0 Å². The number of anilines is 1. The Hall–Kier alpha value is -1.23. The lowest BCUT2D eigenvalue weighted by molar-refractivity contribution is 0.208. The fraction of sp³-hybridized carbons (Fsp3) is 0.333. The molecule has 1 aromatic carbocycles. The number of aliphatic hydroxyl groups excluding tert-OH is 1. The summed E-state index contributed by atoms with van der Waals surface area (Å²) in [7, 11) is 0. The van der Waals surface area contributed by atoms with Crippen LogP contribution in [0.3, 0.4) is 0 Å². The molecule has 0 unspecified atom stereocenters. The molecule has 0 radical (unpaired) electrons. The second kappa shape index (κ2) is 4.32. The van der Waals surface area contributed by atoms with Gasteiger partial charge in [-0.3, -0.25) is 0 Å². The van der Waals surface area contributed by atoms with Gasteiger partial charge in [-0.1, -0.05) is 0 Å². The predicted octanol–water partition coefficient (Wildman–Crippen LogP) is 1.90. The van der Waals surface area contributed by atoms with Gasteiger partial charge in [-0.15, -0.1) is 0 Å². The van der Waals surface area contributed by atoms with Gasteiger partial charge in [0.25, 0.3) is 0 Å². The van der Waals surface area contributed by atoms with Gasteiger partial charge in [0, 0.05) is 18.7 Å². The Morgan fingerprint density at radius 1 is 1.21 bits per heavy atom. The summed E-state index contributed by atoms with van der Waals surface area (Å²) in [6, 6.07) is 1.17. The van der Waals surface area contributed by atoms with E-state index in [0.717, 1.165) is 0 Å². The van der Waals surface area contributed by atoms with Gasteiger partial charge in [0.15, 0.2) is 11.6 Å². The van der Waals surface area contributed by atoms with Crippen LogP contribution in [-0.4, -0.2) is 17.8 Å². The SMILES string of the molecule is C[C@H](O)CNc1cc(F)c(F)cc1F. The number of benzene rings is 1. The van der Waals surface area contributed by atoms with E-state index < -0.39 is 23.6 Å². The zero-order valence-corrected chi connectivity index (χ0v) is 7.52. The van der Waals surface area contributed by atoms with Crippen LogP contribution in [0, 0.1) is 17.5 Å². The molecule has 0 saturated carbocycles. The first kappa shape index (κ1) is 10.8. The van der Waals surface area contributed by atoms with Gasteiger partial charge in [-0.25, -0.2) is 13.2 Å². The second-order valence-corrected chi connectivity index (χ2v) is 2.98. The number of rotatable bonds is 3. The molecule has 14 heavy (non-hydrogen) atoms. The summed E-state index contributed by atoms with van der Waals surface area (Å²) < 4.78 is 38.0. The van der Waals surface area contributed by atoms with Crippen molar-refractivity contribution in [3.05, 3.63) is 29.6 Å². The van der Waals surface area contributed by atoms with E-state index in [0.29, 0.717) is 12.1 Å². The zero-order chi connectivity index (χ0) is 10.7. The van der Waals surface area contributed by atoms with E-state index in [9.17, 15) is 13.2 Å². The molecule has 0 saturated heterocycles. The van der Waals surface area contributed by atoms with Crippen LogP contribution in [0.4, 0.5) is 18.9 Å². The summed E-state index contributed by atoms with van der Waals surface area (Å²) in [5.74, 6) is -3.24. The predicted molar refractivity (Wildman–Crippen MR) is 46.5 cm³/mol. The lowest BCUT2D eigenvalue weighted by Gasteiger charge is -2.09. The lowest BCUT2D eigenvalue weighted by atomic mass is 10.2. The van der Waals surface area contributed by atoms with Crippen molar-refractivity contribution in [2.75, 3.05) is 11.9 Å². The molecule has 0 aliphatic carbocycles. The maximum Gasteiger partial charge on any atom is 0.161 e. The minimum atomic E-state index is -1.23. The molecule has 78 valence electrons. The maximum absolute atomic E-state index is 12.9. The highest BCUT2D eigenvalue weighted by molar-refractivity contribution is 5.45. The van der Waals surface area contributed by atoms with Gasteiger partial charge < -0.3 is 10.4 Å². The van der Waals surface area contributed by atoms with Crippen LogP contribution in [0.15, 0.2) is 12.1 Å². The minimum absolute atomic E-state index is 0.0714. The zero-order valence-electron chi connectivity index (χ0n) is 7.52. The van der Waals surface area contributed by atoms with Gasteiger partial charge in [0.2, 0.25) is 0 Å². The van der Waals surface area contributed by atoms with Crippen LogP contribution in [0.5, 0.6) is 0 Å². The quantitative estimate of drug-likeness (QED) is 0.738. The van der Waals surface area contributed by atoms with Crippen LogP contribution in [0.2, 0.25) is 0 Å². The number of aliphatic hydroxyl groups is 1. The molecule has 0 aliphatic rings. The number of nitrogens with one attached hydrogen (secondary N) is 1. The standard InChI is InChI=1S/C9H10F3NO/c1-5(14)4-13-9-3-7(11)6(10)2-8(9)12/h2-3,5,13-14H,4H2,1H3/t5-/m0/s1. The van der Waals surface area contributed by atoms with E-state index in [1.54, 1.807) is 0 Å². The molecule has 0 aliphatic heterocycles. The van der Waals surface area contributed by atoms with Gasteiger partial charge in [0.1, 0.15) is 5.82 Å². The van der Waals surface area contributed by atoms with E-state index in [-0.39, 0.29) is 12.2 Å². The average molecular weight is 205 g/mol. The molecular formula is C9H10F3NO. The first-order valence-corrected chi connectivity index (χ1v) is 4.07. The van der Waals surface area contributed by atoms with Gasteiger partial charge >= 0.3 is 0 Å². The Bertz CT molecular complexity index is 328. The van der Waals surface area contributed by atoms with Crippen molar-refractivity contribution < 1.29 is 18.3 Å². The largest absolute Gasteiger partial charge is 0.392 e. The maximum atomic E-state index is 12.9. The van der Waals surface area contributed by atoms with Crippen LogP contribution in [0.1, 0.15) is 6.92 Å². The van der Waals surface area contributed by atoms with Crippen molar-refractivity contribution in [3.8, 4) is 0 Å². The minimum Gasteiger partial charge on any atom is -0.392 e. The number of hydrogen-bond donors (Lipinski definition) is 2. The monoisotopic (exact) mass is 205 g/mol. The molecule has 5 heteroatoms. The molecule has 0 spiro atoms. The molecular weight excluding hydrogens is 195 g/mol. The van der Waals surface area contributed by atoms with E-state index in [1.807, 2.05) is 0 Å². The van der Waals surface area contributed by atoms with E-state index >= 15 is 0 Å². The molecule has 1 aromatic rings. The summed E-state index contributed by atoms with van der Waals surface area (Å²) in [6.07, 6.45) is -0.692. The Morgan fingerprint density at radius 3 is 2.36 bits per heavy atom. The molecule has 2 N–H and O–H groups in total. The third-order valence-corrected chi connectivity index (χ3v) is 1.60. The topological polar surface area (TPSA) is 32.3 Å². The van der Waals surface area contributed by atoms with E-state index in [4.69, 9.17) is 5.11 Å². The highest BCUT2D eigenvalue weighted by Crippen LogP contribution is 2.18. The third-order valence-electron chi connectivity index (χ3n) is 1.60. The average Bonchev–Trinajstić information content (AvgIpc) is 2.09. The molecule has 2 nitrogen and oxygen atoms in total. The van der Waals surface area contributed by atoms with Crippen molar-refractivity contribution in [1.82, 2.24) is 0 Å². The fourth-order valence-corrected chi connectivity index (χ4v) is 0.916. The Balaban J connectivity index is 2.82. The molecule has 0 fully saturated rings. The number of halogens is 3. The lowest BCUT2D eigenvalue weighted by Crippen LogP contribution is -2.16.